The smallest absolute Gasteiger partial charge is 0.00159 e. The molecule has 0 radical (unpaired) electrons. The number of benzene rings is 1. The first-order chi connectivity index (χ1) is 9.24. The number of hydrogen-bond acceptors (Lipinski definition) is 1. The summed E-state index contributed by atoms with van der Waals surface area (Å²) in [6.07, 6.45) is 6.97. The molecule has 102 valence electrons. The zero-order valence-corrected chi connectivity index (χ0v) is 12.2. The van der Waals surface area contributed by atoms with Gasteiger partial charge in [0, 0.05) is 6.54 Å². The number of nitrogens with zero attached hydrogens (tertiary/aromatic N) is 1. The van der Waals surface area contributed by atoms with E-state index in [0.717, 1.165) is 18.4 Å². The fourth-order valence-electron chi connectivity index (χ4n) is 3.89. The SMILES string of the molecule is CN(C)CC/C(=C1/CC2CCC1C2)c1ccccc1. The van der Waals surface area contributed by atoms with Crippen LogP contribution in [0, 0.1) is 11.8 Å². The van der Waals surface area contributed by atoms with Gasteiger partial charge in [-0.05, 0) is 69.2 Å². The van der Waals surface area contributed by atoms with Crippen LogP contribution in [0.3, 0.4) is 0 Å². The molecule has 2 unspecified atom stereocenters. The Bertz CT molecular complexity index is 458. The van der Waals surface area contributed by atoms with Crippen molar-refractivity contribution in [2.24, 2.45) is 11.8 Å². The van der Waals surface area contributed by atoms with Gasteiger partial charge in [-0.2, -0.15) is 0 Å². The summed E-state index contributed by atoms with van der Waals surface area (Å²) < 4.78 is 0. The first-order valence-electron chi connectivity index (χ1n) is 7.66. The van der Waals surface area contributed by atoms with Gasteiger partial charge in [-0.1, -0.05) is 35.9 Å². The molecule has 0 saturated heterocycles. The van der Waals surface area contributed by atoms with Crippen LogP contribution in [0.4, 0.5) is 0 Å². The minimum absolute atomic E-state index is 0.905. The van der Waals surface area contributed by atoms with Crippen molar-refractivity contribution < 1.29 is 0 Å². The fourth-order valence-corrected chi connectivity index (χ4v) is 3.89. The summed E-state index contributed by atoms with van der Waals surface area (Å²) in [5.74, 6) is 1.90. The average molecular weight is 255 g/mol. The molecule has 0 heterocycles. The summed E-state index contributed by atoms with van der Waals surface area (Å²) >= 11 is 0. The lowest BCUT2D eigenvalue weighted by atomic mass is 9.86. The molecule has 0 aromatic heterocycles. The highest BCUT2D eigenvalue weighted by molar-refractivity contribution is 5.70. The Balaban J connectivity index is 1.90. The van der Waals surface area contributed by atoms with Gasteiger partial charge in [0.1, 0.15) is 0 Å². The van der Waals surface area contributed by atoms with Gasteiger partial charge in [-0.15, -0.1) is 0 Å². The number of fused-ring (bicyclic) bond motifs is 2. The van der Waals surface area contributed by atoms with Crippen LogP contribution in [0.15, 0.2) is 35.9 Å². The summed E-state index contributed by atoms with van der Waals surface area (Å²) in [6, 6.07) is 11.1. The third-order valence-corrected chi connectivity index (χ3v) is 4.86. The lowest BCUT2D eigenvalue weighted by Crippen LogP contribution is -2.14. The van der Waals surface area contributed by atoms with Gasteiger partial charge in [-0.3, -0.25) is 0 Å². The van der Waals surface area contributed by atoms with Crippen LogP contribution in [0.5, 0.6) is 0 Å². The minimum Gasteiger partial charge on any atom is -0.309 e. The molecule has 0 spiro atoms. The molecule has 19 heavy (non-hydrogen) atoms. The number of allylic oxidation sites excluding steroid dienone is 1. The minimum atomic E-state index is 0.905. The second-order valence-electron chi connectivity index (χ2n) is 6.50. The van der Waals surface area contributed by atoms with E-state index in [9.17, 15) is 0 Å². The topological polar surface area (TPSA) is 3.24 Å². The van der Waals surface area contributed by atoms with Crippen molar-refractivity contribution in [1.82, 2.24) is 4.90 Å². The summed E-state index contributed by atoms with van der Waals surface area (Å²) in [6.45, 7) is 1.16. The third kappa shape index (κ3) is 2.76. The highest BCUT2D eigenvalue weighted by atomic mass is 15.0. The summed E-state index contributed by atoms with van der Waals surface area (Å²) in [7, 11) is 4.35. The maximum Gasteiger partial charge on any atom is 0.00159 e. The summed E-state index contributed by atoms with van der Waals surface area (Å²) in [5.41, 5.74) is 4.91. The first kappa shape index (κ1) is 12.9. The van der Waals surface area contributed by atoms with Crippen LogP contribution in [0.2, 0.25) is 0 Å². The first-order valence-corrected chi connectivity index (χ1v) is 7.66. The van der Waals surface area contributed by atoms with E-state index in [-0.39, 0.29) is 0 Å². The molecule has 2 saturated carbocycles. The van der Waals surface area contributed by atoms with E-state index in [1.54, 1.807) is 11.1 Å². The molecule has 1 aromatic rings. The molecule has 1 aromatic carbocycles. The zero-order valence-electron chi connectivity index (χ0n) is 12.2. The Morgan fingerprint density at radius 1 is 1.16 bits per heavy atom. The monoisotopic (exact) mass is 255 g/mol. The Hall–Kier alpha value is -1.08. The van der Waals surface area contributed by atoms with Crippen LogP contribution in [0.1, 0.15) is 37.7 Å². The third-order valence-electron chi connectivity index (χ3n) is 4.86. The lowest BCUT2D eigenvalue weighted by Gasteiger charge is -2.21. The molecular weight excluding hydrogens is 230 g/mol. The van der Waals surface area contributed by atoms with Gasteiger partial charge in [0.15, 0.2) is 0 Å². The van der Waals surface area contributed by atoms with Crippen molar-refractivity contribution in [1.29, 1.82) is 0 Å². The molecule has 2 fully saturated rings. The molecule has 2 bridgehead atoms. The van der Waals surface area contributed by atoms with Gasteiger partial charge in [0.25, 0.3) is 0 Å². The predicted octanol–water partition coefficient (Wildman–Crippen LogP) is 4.21. The van der Waals surface area contributed by atoms with E-state index in [1.165, 1.54) is 37.7 Å². The van der Waals surface area contributed by atoms with E-state index < -0.39 is 0 Å². The standard InChI is InChI=1S/C18H25N/c1-19(2)11-10-17(15-6-4-3-5-7-15)18-13-14-8-9-16(18)12-14/h3-7,14,16H,8-13H2,1-2H3/b18-17+. The van der Waals surface area contributed by atoms with Gasteiger partial charge in [0.2, 0.25) is 0 Å². The normalized spacial score (nSPS) is 28.2. The quantitative estimate of drug-likeness (QED) is 0.779. The van der Waals surface area contributed by atoms with Crippen LogP contribution in [-0.4, -0.2) is 25.5 Å². The van der Waals surface area contributed by atoms with E-state index in [1.807, 2.05) is 0 Å². The Morgan fingerprint density at radius 2 is 1.95 bits per heavy atom. The Labute approximate surface area is 117 Å². The van der Waals surface area contributed by atoms with Crippen LogP contribution in [-0.2, 0) is 0 Å². The second-order valence-corrected chi connectivity index (χ2v) is 6.50. The van der Waals surface area contributed by atoms with Crippen LogP contribution < -0.4 is 0 Å². The fraction of sp³-hybridized carbons (Fsp3) is 0.556. The molecule has 0 amide bonds. The maximum atomic E-state index is 2.30. The van der Waals surface area contributed by atoms with Crippen molar-refractivity contribution in [3.8, 4) is 0 Å². The van der Waals surface area contributed by atoms with Gasteiger partial charge in [-0.25, -0.2) is 0 Å². The van der Waals surface area contributed by atoms with Gasteiger partial charge >= 0.3 is 0 Å². The van der Waals surface area contributed by atoms with Gasteiger partial charge < -0.3 is 4.90 Å². The maximum absolute atomic E-state index is 2.30. The second kappa shape index (κ2) is 5.50. The Kier molecular flexibility index (Phi) is 3.74. The molecule has 2 atom stereocenters. The largest absolute Gasteiger partial charge is 0.309 e. The molecule has 1 nitrogen and oxygen atoms in total. The van der Waals surface area contributed by atoms with E-state index in [4.69, 9.17) is 0 Å². The molecule has 2 aliphatic rings. The lowest BCUT2D eigenvalue weighted by molar-refractivity contribution is 0.418. The van der Waals surface area contributed by atoms with E-state index in [2.05, 4.69) is 49.3 Å². The van der Waals surface area contributed by atoms with Crippen molar-refractivity contribution in [2.45, 2.75) is 32.1 Å². The average Bonchev–Trinajstić information content (AvgIpc) is 3.02. The Morgan fingerprint density at radius 3 is 2.53 bits per heavy atom. The predicted molar refractivity (Wildman–Crippen MR) is 82.0 cm³/mol. The molecule has 0 aliphatic heterocycles. The van der Waals surface area contributed by atoms with E-state index >= 15 is 0 Å². The highest BCUT2D eigenvalue weighted by Crippen LogP contribution is 2.50. The molecule has 3 rings (SSSR count). The molecular formula is C18H25N. The van der Waals surface area contributed by atoms with Crippen LogP contribution in [0.25, 0.3) is 5.57 Å². The van der Waals surface area contributed by atoms with Crippen LogP contribution >= 0.6 is 0 Å². The summed E-state index contributed by atoms with van der Waals surface area (Å²) in [4.78, 5) is 2.30. The molecule has 2 aliphatic carbocycles. The van der Waals surface area contributed by atoms with Crippen molar-refractivity contribution in [3.05, 3.63) is 41.5 Å². The van der Waals surface area contributed by atoms with E-state index in [0.29, 0.717) is 0 Å². The van der Waals surface area contributed by atoms with Crippen molar-refractivity contribution in [3.63, 3.8) is 0 Å². The molecule has 1 heteroatoms. The van der Waals surface area contributed by atoms with Crippen molar-refractivity contribution >= 4 is 5.57 Å². The number of rotatable bonds is 4. The number of hydrogen-bond donors (Lipinski definition) is 0. The van der Waals surface area contributed by atoms with Gasteiger partial charge in [0.05, 0.1) is 0 Å². The molecule has 0 N–H and O–H groups in total. The van der Waals surface area contributed by atoms with Crippen molar-refractivity contribution in [2.75, 3.05) is 20.6 Å². The summed E-state index contributed by atoms with van der Waals surface area (Å²) in [5, 5.41) is 0. The highest BCUT2D eigenvalue weighted by Gasteiger charge is 2.36. The zero-order chi connectivity index (χ0) is 13.2.